The fourth-order valence-corrected chi connectivity index (χ4v) is 3.39. The summed E-state index contributed by atoms with van der Waals surface area (Å²) in [6, 6.07) is 15.2. The van der Waals surface area contributed by atoms with E-state index in [0.29, 0.717) is 29.0 Å². The molecule has 0 radical (unpaired) electrons. The second-order valence-electron chi connectivity index (χ2n) is 6.90. The Hall–Kier alpha value is -3.15. The molecule has 0 spiro atoms. The molecule has 3 rings (SSSR count). The van der Waals surface area contributed by atoms with Gasteiger partial charge in [-0.15, -0.1) is 0 Å². The summed E-state index contributed by atoms with van der Waals surface area (Å²) in [6.07, 6.45) is 0. The van der Waals surface area contributed by atoms with Crippen molar-refractivity contribution in [3.63, 3.8) is 0 Å². The Balaban J connectivity index is 1.92. The average molecular weight is 378 g/mol. The fourth-order valence-electron chi connectivity index (χ4n) is 3.39. The molecule has 3 aromatic rings. The zero-order valence-corrected chi connectivity index (χ0v) is 16.8. The first-order valence-corrected chi connectivity index (χ1v) is 9.64. The molecular weight excluding hydrogens is 352 g/mol. The van der Waals surface area contributed by atoms with Gasteiger partial charge >= 0.3 is 0 Å². The first kappa shape index (κ1) is 19.6. The third kappa shape index (κ3) is 3.76. The highest BCUT2D eigenvalue weighted by molar-refractivity contribution is 6.11. The number of nitrogens with zero attached hydrogens (tertiary/aromatic N) is 3. The van der Waals surface area contributed by atoms with Crippen LogP contribution in [0.5, 0.6) is 0 Å². The zero-order chi connectivity index (χ0) is 20.3. The highest BCUT2D eigenvalue weighted by Gasteiger charge is 2.16. The lowest BCUT2D eigenvalue weighted by atomic mass is 10.1. The molecule has 0 saturated carbocycles. The normalized spacial score (nSPS) is 11.0. The third-order valence-corrected chi connectivity index (χ3v) is 4.80. The number of anilines is 2. The molecule has 2 aromatic carbocycles. The number of rotatable bonds is 6. The van der Waals surface area contributed by atoms with Gasteiger partial charge in [0, 0.05) is 35.9 Å². The lowest BCUT2D eigenvalue weighted by Crippen LogP contribution is -2.30. The van der Waals surface area contributed by atoms with E-state index in [-0.39, 0.29) is 17.2 Å². The number of aromatic nitrogens is 2. The number of fused-ring (bicyclic) bond motifs is 1. The van der Waals surface area contributed by atoms with Crippen LogP contribution in [-0.2, 0) is 6.54 Å². The summed E-state index contributed by atoms with van der Waals surface area (Å²) in [5.41, 5.74) is 1.86. The number of carbonyl (C=O) groups is 1. The lowest BCUT2D eigenvalue weighted by molar-refractivity contribution is 0.102. The molecular formula is C22H26N4O2. The summed E-state index contributed by atoms with van der Waals surface area (Å²) in [5.74, 6) is -0.331. The predicted octanol–water partition coefficient (Wildman–Crippen LogP) is 3.90. The van der Waals surface area contributed by atoms with Crippen molar-refractivity contribution in [1.29, 1.82) is 0 Å². The smallest absolute Gasteiger partial charge is 0.276 e. The van der Waals surface area contributed by atoms with Gasteiger partial charge in [0.05, 0.1) is 5.39 Å². The van der Waals surface area contributed by atoms with Gasteiger partial charge in [0.1, 0.15) is 0 Å². The summed E-state index contributed by atoms with van der Waals surface area (Å²) < 4.78 is 1.32. The fraction of sp³-hybridized carbons (Fsp3) is 0.318. The number of amides is 1. The Kier molecular flexibility index (Phi) is 5.78. The van der Waals surface area contributed by atoms with Gasteiger partial charge in [-0.05, 0) is 58.0 Å². The van der Waals surface area contributed by atoms with Crippen LogP contribution in [0.2, 0.25) is 0 Å². The van der Waals surface area contributed by atoms with Gasteiger partial charge < -0.3 is 10.2 Å². The molecule has 0 unspecified atom stereocenters. The summed E-state index contributed by atoms with van der Waals surface area (Å²) in [5, 5.41) is 8.23. The van der Waals surface area contributed by atoms with Crippen molar-refractivity contribution in [3.8, 4) is 0 Å². The van der Waals surface area contributed by atoms with Gasteiger partial charge in [-0.25, -0.2) is 4.68 Å². The predicted molar refractivity (Wildman–Crippen MR) is 114 cm³/mol. The topological polar surface area (TPSA) is 67.2 Å². The third-order valence-electron chi connectivity index (χ3n) is 4.80. The second-order valence-corrected chi connectivity index (χ2v) is 6.90. The minimum atomic E-state index is -0.331. The number of hydrogen-bond donors (Lipinski definition) is 1. The van der Waals surface area contributed by atoms with Crippen LogP contribution in [0.4, 0.5) is 11.4 Å². The molecule has 0 aliphatic carbocycles. The number of carbonyl (C=O) groups excluding carboxylic acids is 1. The Labute approximate surface area is 164 Å². The van der Waals surface area contributed by atoms with Crippen molar-refractivity contribution in [1.82, 2.24) is 9.78 Å². The van der Waals surface area contributed by atoms with Gasteiger partial charge in [0.2, 0.25) is 0 Å². The van der Waals surface area contributed by atoms with Crippen LogP contribution in [0, 0.1) is 0 Å². The molecule has 0 aliphatic rings. The maximum absolute atomic E-state index is 12.9. The van der Waals surface area contributed by atoms with E-state index in [2.05, 4.69) is 36.1 Å². The molecule has 146 valence electrons. The van der Waals surface area contributed by atoms with E-state index in [0.717, 1.165) is 12.2 Å². The molecule has 0 aliphatic heterocycles. The van der Waals surface area contributed by atoms with E-state index >= 15 is 0 Å². The Morgan fingerprint density at radius 3 is 2.29 bits per heavy atom. The van der Waals surface area contributed by atoms with Crippen molar-refractivity contribution in [2.24, 2.45) is 0 Å². The van der Waals surface area contributed by atoms with Crippen LogP contribution < -0.4 is 15.8 Å². The number of benzene rings is 2. The molecule has 1 aromatic heterocycles. The van der Waals surface area contributed by atoms with Gasteiger partial charge in [-0.2, -0.15) is 5.10 Å². The monoisotopic (exact) mass is 378 g/mol. The molecule has 0 saturated heterocycles. The molecule has 1 amide bonds. The van der Waals surface area contributed by atoms with Crippen molar-refractivity contribution >= 4 is 28.1 Å². The van der Waals surface area contributed by atoms with Crippen molar-refractivity contribution in [2.75, 3.05) is 16.8 Å². The van der Waals surface area contributed by atoms with Gasteiger partial charge in [-0.3, -0.25) is 9.59 Å². The van der Waals surface area contributed by atoms with Gasteiger partial charge in [0.25, 0.3) is 11.5 Å². The lowest BCUT2D eigenvalue weighted by Gasteiger charge is -2.27. The molecule has 0 atom stereocenters. The highest BCUT2D eigenvalue weighted by Crippen LogP contribution is 2.21. The van der Waals surface area contributed by atoms with Crippen LogP contribution >= 0.6 is 0 Å². The van der Waals surface area contributed by atoms with E-state index in [9.17, 15) is 9.59 Å². The summed E-state index contributed by atoms with van der Waals surface area (Å²) >= 11 is 0. The van der Waals surface area contributed by atoms with Crippen molar-refractivity contribution in [2.45, 2.75) is 40.3 Å². The van der Waals surface area contributed by atoms with Crippen molar-refractivity contribution < 1.29 is 4.79 Å². The molecule has 0 bridgehead atoms. The summed E-state index contributed by atoms with van der Waals surface area (Å²) in [4.78, 5) is 27.6. The minimum Gasteiger partial charge on any atom is -0.369 e. The van der Waals surface area contributed by atoms with Crippen LogP contribution in [0.3, 0.4) is 0 Å². The Morgan fingerprint density at radius 2 is 1.71 bits per heavy atom. The zero-order valence-electron chi connectivity index (χ0n) is 16.8. The Bertz CT molecular complexity index is 1040. The standard InChI is InChI=1S/C22H26N4O2/c1-5-25(15(3)4)17-13-11-16(12-14-17)23-21(27)20-18-9-7-8-10-19(18)22(28)26(6-2)24-20/h7-15H,5-6H2,1-4H3,(H,23,27). The summed E-state index contributed by atoms with van der Waals surface area (Å²) in [6.45, 7) is 9.57. The average Bonchev–Trinajstić information content (AvgIpc) is 2.70. The number of aryl methyl sites for hydroxylation is 1. The van der Waals surface area contributed by atoms with Crippen LogP contribution in [0.1, 0.15) is 38.2 Å². The molecule has 28 heavy (non-hydrogen) atoms. The van der Waals surface area contributed by atoms with E-state index in [1.807, 2.05) is 31.2 Å². The molecule has 6 heteroatoms. The first-order chi connectivity index (χ1) is 13.5. The van der Waals surface area contributed by atoms with E-state index < -0.39 is 0 Å². The maximum atomic E-state index is 12.9. The Morgan fingerprint density at radius 1 is 1.07 bits per heavy atom. The van der Waals surface area contributed by atoms with Crippen LogP contribution in [0.15, 0.2) is 53.3 Å². The van der Waals surface area contributed by atoms with Crippen LogP contribution in [-0.4, -0.2) is 28.3 Å². The quantitative estimate of drug-likeness (QED) is 0.706. The first-order valence-electron chi connectivity index (χ1n) is 9.64. The maximum Gasteiger partial charge on any atom is 0.276 e. The van der Waals surface area contributed by atoms with Crippen molar-refractivity contribution in [3.05, 3.63) is 64.6 Å². The van der Waals surface area contributed by atoms with Gasteiger partial charge in [-0.1, -0.05) is 18.2 Å². The number of nitrogens with one attached hydrogen (secondary N) is 1. The van der Waals surface area contributed by atoms with Gasteiger partial charge in [0.15, 0.2) is 5.69 Å². The van der Waals surface area contributed by atoms with E-state index in [1.165, 1.54) is 4.68 Å². The molecule has 0 fully saturated rings. The second kappa shape index (κ2) is 8.25. The number of hydrogen-bond acceptors (Lipinski definition) is 4. The molecule has 1 N–H and O–H groups in total. The van der Waals surface area contributed by atoms with Crippen LogP contribution in [0.25, 0.3) is 10.8 Å². The van der Waals surface area contributed by atoms with E-state index in [1.54, 1.807) is 24.3 Å². The minimum absolute atomic E-state index is 0.188. The highest BCUT2D eigenvalue weighted by atomic mass is 16.2. The summed E-state index contributed by atoms with van der Waals surface area (Å²) in [7, 11) is 0. The SMILES string of the molecule is CCN(c1ccc(NC(=O)c2nn(CC)c(=O)c3ccccc23)cc1)C(C)C. The molecule has 6 nitrogen and oxygen atoms in total. The van der Waals surface area contributed by atoms with E-state index in [4.69, 9.17) is 0 Å². The molecule has 1 heterocycles. The largest absolute Gasteiger partial charge is 0.369 e.